The molecule has 0 aliphatic carbocycles. The van der Waals surface area contributed by atoms with Crippen molar-refractivity contribution in [2.75, 3.05) is 26.2 Å². The molecule has 2 fully saturated rings. The molecule has 5 rings (SSSR count). The molecule has 4 heterocycles. The molecule has 0 unspecified atom stereocenters. The lowest BCUT2D eigenvalue weighted by Gasteiger charge is -2.35. The highest BCUT2D eigenvalue weighted by atomic mass is 32.1. The number of aromatic nitrogens is 2. The molecule has 0 N–H and O–H groups in total. The molecular weight excluding hydrogens is 439 g/mol. The van der Waals surface area contributed by atoms with E-state index in [0.717, 1.165) is 60.2 Å². The normalized spacial score (nSPS) is 17.6. The fraction of sp³-hybridized carbons (Fsp3) is 0.480. The van der Waals surface area contributed by atoms with E-state index in [1.165, 1.54) is 29.9 Å². The van der Waals surface area contributed by atoms with Crippen LogP contribution in [0.3, 0.4) is 0 Å². The molecule has 0 atom stereocenters. The number of nitrogens with zero attached hydrogens (tertiary/aromatic N) is 4. The maximum Gasteiger partial charge on any atom is 0.264 e. The topological polar surface area (TPSA) is 58.4 Å². The van der Waals surface area contributed by atoms with E-state index < -0.39 is 0 Å². The van der Waals surface area contributed by atoms with Crippen molar-refractivity contribution in [3.63, 3.8) is 0 Å². The highest BCUT2D eigenvalue weighted by Gasteiger charge is 2.31. The Labute approximate surface area is 197 Å². The molecule has 2 aromatic heterocycles. The minimum absolute atomic E-state index is 0.0350. The number of rotatable bonds is 4. The van der Waals surface area contributed by atoms with Crippen LogP contribution in [0.1, 0.15) is 53.0 Å². The molecular formula is C25H29FN4O2S. The monoisotopic (exact) mass is 468 g/mol. The molecule has 6 nitrogen and oxygen atoms in total. The second-order valence-electron chi connectivity index (χ2n) is 9.15. The van der Waals surface area contributed by atoms with Crippen LogP contribution < -0.4 is 0 Å². The Morgan fingerprint density at radius 2 is 1.73 bits per heavy atom. The zero-order chi connectivity index (χ0) is 22.9. The van der Waals surface area contributed by atoms with E-state index in [2.05, 4.69) is 5.10 Å². The van der Waals surface area contributed by atoms with Gasteiger partial charge >= 0.3 is 0 Å². The summed E-state index contributed by atoms with van der Waals surface area (Å²) in [6, 6.07) is 8.36. The smallest absolute Gasteiger partial charge is 0.264 e. The van der Waals surface area contributed by atoms with Gasteiger partial charge in [-0.05, 0) is 62.8 Å². The quantitative estimate of drug-likeness (QED) is 0.568. The number of aryl methyl sites for hydroxylation is 1. The third-order valence-electron chi connectivity index (χ3n) is 6.86. The zero-order valence-electron chi connectivity index (χ0n) is 18.9. The fourth-order valence-electron chi connectivity index (χ4n) is 4.95. The maximum atomic E-state index is 13.2. The van der Waals surface area contributed by atoms with Crippen LogP contribution in [0.2, 0.25) is 0 Å². The second kappa shape index (κ2) is 9.25. The molecule has 1 aromatic carbocycles. The number of fused-ring (bicyclic) bond motifs is 1. The van der Waals surface area contributed by atoms with Gasteiger partial charge in [0.15, 0.2) is 0 Å². The molecule has 0 radical (unpaired) electrons. The van der Waals surface area contributed by atoms with Crippen molar-refractivity contribution in [1.82, 2.24) is 19.6 Å². The van der Waals surface area contributed by atoms with Gasteiger partial charge in [-0.2, -0.15) is 5.10 Å². The molecule has 0 spiro atoms. The van der Waals surface area contributed by atoms with E-state index in [4.69, 9.17) is 0 Å². The number of benzene rings is 1. The molecule has 0 bridgehead atoms. The highest BCUT2D eigenvalue weighted by Crippen LogP contribution is 2.31. The van der Waals surface area contributed by atoms with Crippen molar-refractivity contribution >= 4 is 33.4 Å². The van der Waals surface area contributed by atoms with Gasteiger partial charge in [0.25, 0.3) is 5.91 Å². The Bertz CT molecular complexity index is 1160. The van der Waals surface area contributed by atoms with E-state index in [1.54, 1.807) is 12.1 Å². The number of carbonyl (C=O) groups excluding carboxylic acids is 2. The number of likely N-dealkylation sites (tertiary alicyclic amines) is 2. The highest BCUT2D eigenvalue weighted by molar-refractivity contribution is 7.20. The lowest BCUT2D eigenvalue weighted by Crippen LogP contribution is -2.45. The molecule has 33 heavy (non-hydrogen) atoms. The van der Waals surface area contributed by atoms with E-state index in [9.17, 15) is 14.0 Å². The standard InChI is InChI=1S/C25H29FN4O2S/c1-17-21-15-22(33-25(21)30(27-17)16-18-5-7-20(26)8-6-18)24(32)29-13-9-19(10-14-29)23(31)28-11-3-2-4-12-28/h5-8,15,19H,2-4,9-14,16H2,1H3. The maximum absolute atomic E-state index is 13.2. The van der Waals surface area contributed by atoms with E-state index in [0.29, 0.717) is 24.5 Å². The summed E-state index contributed by atoms with van der Waals surface area (Å²) in [6.07, 6.45) is 4.90. The van der Waals surface area contributed by atoms with Crippen molar-refractivity contribution in [2.45, 2.75) is 45.6 Å². The first kappa shape index (κ1) is 22.1. The number of piperidine rings is 2. The summed E-state index contributed by atoms with van der Waals surface area (Å²) in [7, 11) is 0. The molecule has 174 valence electrons. The van der Waals surface area contributed by atoms with Crippen LogP contribution in [-0.4, -0.2) is 57.6 Å². The third-order valence-corrected chi connectivity index (χ3v) is 8.00. The van der Waals surface area contributed by atoms with Crippen molar-refractivity contribution in [3.8, 4) is 0 Å². The summed E-state index contributed by atoms with van der Waals surface area (Å²) in [4.78, 5) is 31.6. The number of carbonyl (C=O) groups is 2. The first-order valence-corrected chi connectivity index (χ1v) is 12.6. The number of hydrogen-bond donors (Lipinski definition) is 0. The van der Waals surface area contributed by atoms with Gasteiger partial charge in [-0.1, -0.05) is 12.1 Å². The SMILES string of the molecule is Cc1nn(Cc2ccc(F)cc2)c2sc(C(=O)N3CCC(C(=O)N4CCCCC4)CC3)cc12. The van der Waals surface area contributed by atoms with Crippen molar-refractivity contribution < 1.29 is 14.0 Å². The molecule has 0 saturated carbocycles. The van der Waals surface area contributed by atoms with Crippen LogP contribution >= 0.6 is 11.3 Å². The van der Waals surface area contributed by atoms with Crippen LogP contribution in [-0.2, 0) is 11.3 Å². The first-order valence-electron chi connectivity index (χ1n) is 11.8. The fourth-order valence-corrected chi connectivity index (χ4v) is 6.07. The van der Waals surface area contributed by atoms with Gasteiger partial charge < -0.3 is 9.80 Å². The molecule has 2 saturated heterocycles. The van der Waals surface area contributed by atoms with Gasteiger partial charge in [0.1, 0.15) is 10.6 Å². The van der Waals surface area contributed by atoms with E-state index >= 15 is 0 Å². The first-order chi connectivity index (χ1) is 16.0. The number of hydrogen-bond acceptors (Lipinski definition) is 4. The molecule has 2 aliphatic heterocycles. The zero-order valence-corrected chi connectivity index (χ0v) is 19.7. The predicted octanol–water partition coefficient (Wildman–Crippen LogP) is 4.46. The van der Waals surface area contributed by atoms with Crippen molar-refractivity contribution in [3.05, 3.63) is 52.3 Å². The Kier molecular flexibility index (Phi) is 6.19. The third kappa shape index (κ3) is 4.53. The Morgan fingerprint density at radius 1 is 1.03 bits per heavy atom. The van der Waals surface area contributed by atoms with Crippen LogP contribution in [0.5, 0.6) is 0 Å². The lowest BCUT2D eigenvalue weighted by atomic mass is 9.94. The molecule has 8 heteroatoms. The van der Waals surface area contributed by atoms with Crippen molar-refractivity contribution in [2.24, 2.45) is 5.92 Å². The summed E-state index contributed by atoms with van der Waals surface area (Å²) in [5.74, 6) is 0.0972. The summed E-state index contributed by atoms with van der Waals surface area (Å²) in [6.45, 7) is 5.49. The molecule has 2 aliphatic rings. The minimum atomic E-state index is -0.258. The van der Waals surface area contributed by atoms with Gasteiger partial charge in [0, 0.05) is 37.5 Å². The van der Waals surface area contributed by atoms with E-state index in [-0.39, 0.29) is 23.5 Å². The van der Waals surface area contributed by atoms with Gasteiger partial charge in [0.2, 0.25) is 5.91 Å². The van der Waals surface area contributed by atoms with Crippen LogP contribution in [0.4, 0.5) is 4.39 Å². The molecule has 3 aromatic rings. The average Bonchev–Trinajstić information content (AvgIpc) is 3.41. The van der Waals surface area contributed by atoms with Crippen LogP contribution in [0, 0.1) is 18.7 Å². The number of thiophene rings is 1. The van der Waals surface area contributed by atoms with Gasteiger partial charge in [-0.3, -0.25) is 14.3 Å². The lowest BCUT2D eigenvalue weighted by molar-refractivity contribution is -0.137. The number of amides is 2. The summed E-state index contributed by atoms with van der Waals surface area (Å²) < 4.78 is 15.1. The van der Waals surface area contributed by atoms with Gasteiger partial charge in [-0.15, -0.1) is 11.3 Å². The van der Waals surface area contributed by atoms with E-state index in [1.807, 2.05) is 27.5 Å². The Morgan fingerprint density at radius 3 is 2.42 bits per heavy atom. The summed E-state index contributed by atoms with van der Waals surface area (Å²) >= 11 is 1.46. The van der Waals surface area contributed by atoms with Crippen molar-refractivity contribution in [1.29, 1.82) is 0 Å². The number of halogens is 1. The Hall–Kier alpha value is -2.74. The van der Waals surface area contributed by atoms with Gasteiger partial charge in [-0.25, -0.2) is 4.39 Å². The average molecular weight is 469 g/mol. The largest absolute Gasteiger partial charge is 0.342 e. The summed E-state index contributed by atoms with van der Waals surface area (Å²) in [5.41, 5.74) is 1.84. The Balaban J connectivity index is 1.26. The minimum Gasteiger partial charge on any atom is -0.342 e. The molecule has 2 amide bonds. The second-order valence-corrected chi connectivity index (χ2v) is 10.2. The predicted molar refractivity (Wildman–Crippen MR) is 127 cm³/mol. The van der Waals surface area contributed by atoms with Crippen LogP contribution in [0.15, 0.2) is 30.3 Å². The summed E-state index contributed by atoms with van der Waals surface area (Å²) in [5, 5.41) is 5.61. The van der Waals surface area contributed by atoms with Gasteiger partial charge in [0.05, 0.1) is 17.1 Å². The van der Waals surface area contributed by atoms with Crippen LogP contribution in [0.25, 0.3) is 10.2 Å².